The number of hydrogen-bond acceptors (Lipinski definition) is 3. The highest BCUT2D eigenvalue weighted by atomic mass is 19.1. The van der Waals surface area contributed by atoms with Crippen LogP contribution in [0.2, 0.25) is 0 Å². The number of nitrogens with one attached hydrogen (secondary N) is 3. The molecule has 0 aliphatic carbocycles. The predicted molar refractivity (Wildman–Crippen MR) is 119 cm³/mol. The van der Waals surface area contributed by atoms with Crippen molar-refractivity contribution in [3.8, 4) is 0 Å². The van der Waals surface area contributed by atoms with Crippen LogP contribution in [0.15, 0.2) is 29.4 Å². The molecule has 7 heteroatoms. The molecular weight excluding hydrogens is 381 g/mol. The number of fused-ring (bicyclic) bond motifs is 1. The Morgan fingerprint density at radius 1 is 1.30 bits per heavy atom. The highest BCUT2D eigenvalue weighted by Gasteiger charge is 2.24. The molecule has 2 aliphatic heterocycles. The molecule has 2 aromatic rings. The van der Waals surface area contributed by atoms with Crippen molar-refractivity contribution in [1.82, 2.24) is 20.5 Å². The van der Waals surface area contributed by atoms with Crippen LogP contribution >= 0.6 is 0 Å². The molecule has 6 nitrogen and oxygen atoms in total. The minimum atomic E-state index is -0.200. The maximum atomic E-state index is 13.6. The van der Waals surface area contributed by atoms with Crippen LogP contribution < -0.4 is 10.6 Å². The van der Waals surface area contributed by atoms with E-state index in [0.717, 1.165) is 74.5 Å². The summed E-state index contributed by atoms with van der Waals surface area (Å²) in [6.07, 6.45) is 6.23. The van der Waals surface area contributed by atoms with Gasteiger partial charge in [0.2, 0.25) is 0 Å². The molecule has 0 radical (unpaired) electrons. The van der Waals surface area contributed by atoms with E-state index in [4.69, 9.17) is 9.73 Å². The number of rotatable bonds is 7. The number of ether oxygens (including phenoxy) is 1. The standard InChI is InChI=1S/C23H34FN5O/c1-2-25-23(26-9-5-18-14-27-22-4-3-19(24)13-21(18)22)28-20-6-10-29(11-7-20)15-17-8-12-30-16-17/h3-4,13-14,17,20,27H,2,5-12,15-16H2,1H3,(H2,25,26,28). The van der Waals surface area contributed by atoms with Crippen molar-refractivity contribution < 1.29 is 9.13 Å². The Morgan fingerprint density at radius 2 is 2.17 bits per heavy atom. The number of likely N-dealkylation sites (tertiary alicyclic amines) is 1. The number of aromatic nitrogens is 1. The van der Waals surface area contributed by atoms with Crippen LogP contribution in [0.5, 0.6) is 0 Å². The fraction of sp³-hybridized carbons (Fsp3) is 0.609. The zero-order chi connectivity index (χ0) is 20.8. The fourth-order valence-electron chi connectivity index (χ4n) is 4.51. The van der Waals surface area contributed by atoms with E-state index in [2.05, 4.69) is 27.4 Å². The van der Waals surface area contributed by atoms with Crippen LogP contribution in [0.1, 0.15) is 31.7 Å². The second kappa shape index (κ2) is 10.3. The van der Waals surface area contributed by atoms with E-state index in [1.54, 1.807) is 12.1 Å². The molecule has 1 atom stereocenters. The largest absolute Gasteiger partial charge is 0.381 e. The van der Waals surface area contributed by atoms with Gasteiger partial charge in [-0.15, -0.1) is 0 Å². The van der Waals surface area contributed by atoms with Crippen molar-refractivity contribution in [1.29, 1.82) is 0 Å². The number of piperidine rings is 1. The van der Waals surface area contributed by atoms with Gasteiger partial charge in [0, 0.05) is 62.5 Å². The van der Waals surface area contributed by atoms with Crippen molar-refractivity contribution in [2.75, 3.05) is 45.9 Å². The summed E-state index contributed by atoms with van der Waals surface area (Å²) >= 11 is 0. The quantitative estimate of drug-likeness (QED) is 0.481. The zero-order valence-electron chi connectivity index (χ0n) is 17.9. The van der Waals surface area contributed by atoms with Crippen LogP contribution in [-0.4, -0.2) is 67.8 Å². The van der Waals surface area contributed by atoms with Crippen molar-refractivity contribution in [3.63, 3.8) is 0 Å². The van der Waals surface area contributed by atoms with E-state index in [0.29, 0.717) is 18.5 Å². The predicted octanol–water partition coefficient (Wildman–Crippen LogP) is 2.91. The first-order valence-corrected chi connectivity index (χ1v) is 11.3. The van der Waals surface area contributed by atoms with E-state index >= 15 is 0 Å². The van der Waals surface area contributed by atoms with Crippen molar-refractivity contribution in [2.45, 2.75) is 38.6 Å². The number of halogens is 1. The number of nitrogens with zero attached hydrogens (tertiary/aromatic N) is 2. The molecule has 3 N–H and O–H groups in total. The highest BCUT2D eigenvalue weighted by molar-refractivity contribution is 5.83. The zero-order valence-corrected chi connectivity index (χ0v) is 17.9. The summed E-state index contributed by atoms with van der Waals surface area (Å²) in [6, 6.07) is 5.33. The molecule has 2 fully saturated rings. The van der Waals surface area contributed by atoms with Gasteiger partial charge in [-0.3, -0.25) is 4.99 Å². The maximum absolute atomic E-state index is 13.6. The van der Waals surface area contributed by atoms with E-state index < -0.39 is 0 Å². The second-order valence-corrected chi connectivity index (χ2v) is 8.46. The number of benzene rings is 1. The molecule has 30 heavy (non-hydrogen) atoms. The molecule has 1 aromatic heterocycles. The molecule has 1 unspecified atom stereocenters. The summed E-state index contributed by atoms with van der Waals surface area (Å²) in [4.78, 5) is 10.6. The van der Waals surface area contributed by atoms with Crippen LogP contribution in [0.4, 0.5) is 4.39 Å². The lowest BCUT2D eigenvalue weighted by Gasteiger charge is -2.34. The minimum Gasteiger partial charge on any atom is -0.381 e. The van der Waals surface area contributed by atoms with E-state index in [1.807, 2.05) is 6.20 Å². The smallest absolute Gasteiger partial charge is 0.191 e. The van der Waals surface area contributed by atoms with Gasteiger partial charge in [-0.1, -0.05) is 0 Å². The molecular formula is C23H34FN5O. The monoisotopic (exact) mass is 415 g/mol. The normalized spacial score (nSPS) is 21.4. The van der Waals surface area contributed by atoms with Crippen molar-refractivity contribution in [3.05, 3.63) is 35.8 Å². The lowest BCUT2D eigenvalue weighted by Crippen LogP contribution is -2.49. The number of guanidine groups is 1. The van der Waals surface area contributed by atoms with Gasteiger partial charge >= 0.3 is 0 Å². The maximum Gasteiger partial charge on any atom is 0.191 e. The first-order valence-electron chi connectivity index (χ1n) is 11.3. The minimum absolute atomic E-state index is 0.200. The number of H-pyrrole nitrogens is 1. The molecule has 2 saturated heterocycles. The van der Waals surface area contributed by atoms with Gasteiger partial charge in [0.15, 0.2) is 5.96 Å². The third-order valence-corrected chi connectivity index (χ3v) is 6.19. The summed E-state index contributed by atoms with van der Waals surface area (Å²) in [7, 11) is 0. The van der Waals surface area contributed by atoms with Gasteiger partial charge in [0.25, 0.3) is 0 Å². The molecule has 0 amide bonds. The average molecular weight is 416 g/mol. The summed E-state index contributed by atoms with van der Waals surface area (Å²) in [5.41, 5.74) is 2.07. The van der Waals surface area contributed by atoms with Gasteiger partial charge in [-0.2, -0.15) is 0 Å². The number of aromatic amines is 1. The van der Waals surface area contributed by atoms with Gasteiger partial charge in [0.05, 0.1) is 6.61 Å². The van der Waals surface area contributed by atoms with Crippen LogP contribution in [-0.2, 0) is 11.2 Å². The molecule has 164 valence electrons. The van der Waals surface area contributed by atoms with E-state index in [1.165, 1.54) is 19.0 Å². The van der Waals surface area contributed by atoms with E-state index in [9.17, 15) is 4.39 Å². The van der Waals surface area contributed by atoms with E-state index in [-0.39, 0.29) is 5.82 Å². The van der Waals surface area contributed by atoms with Crippen molar-refractivity contribution in [2.24, 2.45) is 10.9 Å². The second-order valence-electron chi connectivity index (χ2n) is 8.46. The van der Waals surface area contributed by atoms with Crippen LogP contribution in [0, 0.1) is 11.7 Å². The highest BCUT2D eigenvalue weighted by Crippen LogP contribution is 2.20. The van der Waals surface area contributed by atoms with Gasteiger partial charge in [0.1, 0.15) is 5.82 Å². The lowest BCUT2D eigenvalue weighted by molar-refractivity contribution is 0.150. The first-order chi connectivity index (χ1) is 14.7. The van der Waals surface area contributed by atoms with Gasteiger partial charge in [-0.25, -0.2) is 4.39 Å². The Morgan fingerprint density at radius 3 is 2.93 bits per heavy atom. The molecule has 2 aliphatic rings. The van der Waals surface area contributed by atoms with Crippen LogP contribution in [0.25, 0.3) is 10.9 Å². The van der Waals surface area contributed by atoms with Gasteiger partial charge < -0.3 is 25.3 Å². The fourth-order valence-corrected chi connectivity index (χ4v) is 4.51. The average Bonchev–Trinajstić information content (AvgIpc) is 3.39. The molecule has 1 aromatic carbocycles. The topological polar surface area (TPSA) is 64.7 Å². The Bertz CT molecular complexity index is 837. The third-order valence-electron chi connectivity index (χ3n) is 6.19. The van der Waals surface area contributed by atoms with Crippen molar-refractivity contribution >= 4 is 16.9 Å². The summed E-state index contributed by atoms with van der Waals surface area (Å²) in [5.74, 6) is 1.39. The molecule has 0 saturated carbocycles. The SMILES string of the molecule is CCNC(=NCCc1c[nH]c2ccc(F)cc12)NC1CCN(CC2CCOC2)CC1. The Hall–Kier alpha value is -2.12. The van der Waals surface area contributed by atoms with Gasteiger partial charge in [-0.05, 0) is 62.3 Å². The summed E-state index contributed by atoms with van der Waals surface area (Å²) in [6.45, 7) is 8.89. The molecule has 3 heterocycles. The third kappa shape index (κ3) is 5.52. The molecule has 0 spiro atoms. The summed E-state index contributed by atoms with van der Waals surface area (Å²) in [5, 5.41) is 7.93. The molecule has 0 bridgehead atoms. The molecule has 4 rings (SSSR count). The first kappa shape index (κ1) is 21.1. The lowest BCUT2D eigenvalue weighted by atomic mass is 10.0. The Balaban J connectivity index is 1.27. The Kier molecular flexibility index (Phi) is 7.23. The van der Waals surface area contributed by atoms with Crippen LogP contribution in [0.3, 0.4) is 0 Å². The Labute approximate surface area is 178 Å². The summed E-state index contributed by atoms with van der Waals surface area (Å²) < 4.78 is 19.1. The number of aliphatic imine (C=N–C) groups is 1. The number of hydrogen-bond donors (Lipinski definition) is 3.